The van der Waals surface area contributed by atoms with Crippen molar-refractivity contribution in [3.05, 3.63) is 24.3 Å². The number of primary amides is 1. The molecule has 3 N–H and O–H groups in total. The van der Waals surface area contributed by atoms with Gasteiger partial charge in [0.2, 0.25) is 5.91 Å². The lowest BCUT2D eigenvalue weighted by molar-refractivity contribution is -0.124. The summed E-state index contributed by atoms with van der Waals surface area (Å²) in [6, 6.07) is 8.12. The summed E-state index contributed by atoms with van der Waals surface area (Å²) in [4.78, 5) is 12.8. The minimum atomic E-state index is -0.659. The Balaban J connectivity index is 2.53. The minimum absolute atomic E-state index is 0.221. The second-order valence-electron chi connectivity index (χ2n) is 5.27. The van der Waals surface area contributed by atoms with E-state index in [4.69, 9.17) is 10.5 Å². The van der Waals surface area contributed by atoms with Crippen molar-refractivity contribution in [3.63, 3.8) is 0 Å². The molecule has 0 aliphatic carbocycles. The first-order valence-electron chi connectivity index (χ1n) is 6.72. The Kier molecular flexibility index (Phi) is 6.36. The molecule has 0 bridgehead atoms. The number of ether oxygens (including phenoxy) is 1. The minimum Gasteiger partial charge on any atom is -0.497 e. The van der Waals surface area contributed by atoms with Crippen LogP contribution >= 0.6 is 11.8 Å². The lowest BCUT2D eigenvalue weighted by atomic mass is 9.97. The zero-order chi connectivity index (χ0) is 15.2. The Labute approximate surface area is 125 Å². The molecule has 4 nitrogen and oxygen atoms in total. The molecule has 5 heteroatoms. The molecular formula is C15H24N2O2S. The molecule has 1 aromatic rings. The van der Waals surface area contributed by atoms with Gasteiger partial charge in [0.15, 0.2) is 0 Å². The molecule has 112 valence electrons. The summed E-state index contributed by atoms with van der Waals surface area (Å²) in [5.74, 6) is 1.37. The van der Waals surface area contributed by atoms with Crippen molar-refractivity contribution in [2.75, 3.05) is 12.9 Å². The van der Waals surface area contributed by atoms with Crippen molar-refractivity contribution in [1.82, 2.24) is 5.32 Å². The van der Waals surface area contributed by atoms with Crippen molar-refractivity contribution in [2.45, 2.75) is 43.7 Å². The van der Waals surface area contributed by atoms with E-state index in [9.17, 15) is 4.79 Å². The van der Waals surface area contributed by atoms with Crippen LogP contribution in [-0.4, -0.2) is 30.4 Å². The molecule has 20 heavy (non-hydrogen) atoms. The van der Waals surface area contributed by atoms with Gasteiger partial charge in [0.1, 0.15) is 5.75 Å². The SMILES string of the molecule is COc1ccc(SCCC(C)(NC(C)C)C(N)=O)cc1. The first kappa shape index (κ1) is 16.9. The van der Waals surface area contributed by atoms with Crippen LogP contribution < -0.4 is 15.8 Å². The Hall–Kier alpha value is -1.20. The van der Waals surface area contributed by atoms with Gasteiger partial charge < -0.3 is 15.8 Å². The van der Waals surface area contributed by atoms with Gasteiger partial charge in [-0.15, -0.1) is 11.8 Å². The predicted molar refractivity (Wildman–Crippen MR) is 84.2 cm³/mol. The fourth-order valence-corrected chi connectivity index (χ4v) is 3.02. The Bertz CT molecular complexity index is 434. The maximum Gasteiger partial charge on any atom is 0.237 e. The Morgan fingerprint density at radius 2 is 2.00 bits per heavy atom. The summed E-state index contributed by atoms with van der Waals surface area (Å²) in [6.45, 7) is 5.89. The number of rotatable bonds is 8. The van der Waals surface area contributed by atoms with E-state index in [0.717, 1.165) is 16.4 Å². The number of methoxy groups -OCH3 is 1. The van der Waals surface area contributed by atoms with Gasteiger partial charge in [-0.25, -0.2) is 0 Å². The molecule has 1 atom stereocenters. The molecule has 1 unspecified atom stereocenters. The zero-order valence-corrected chi connectivity index (χ0v) is 13.4. The molecule has 1 aromatic carbocycles. The van der Waals surface area contributed by atoms with Crippen molar-refractivity contribution >= 4 is 17.7 Å². The van der Waals surface area contributed by atoms with Crippen LogP contribution in [0.1, 0.15) is 27.2 Å². The number of nitrogens with one attached hydrogen (secondary N) is 1. The standard InChI is InChI=1S/C15H24N2O2S/c1-11(2)17-15(3,14(16)18)9-10-20-13-7-5-12(19-4)6-8-13/h5-8,11,17H,9-10H2,1-4H3,(H2,16,18). The van der Waals surface area contributed by atoms with E-state index in [0.29, 0.717) is 6.42 Å². The highest BCUT2D eigenvalue weighted by molar-refractivity contribution is 7.99. The number of hydrogen-bond donors (Lipinski definition) is 2. The van der Waals surface area contributed by atoms with Crippen LogP contribution in [0.5, 0.6) is 5.75 Å². The molecule has 0 spiro atoms. The number of amides is 1. The van der Waals surface area contributed by atoms with Crippen LogP contribution in [0.3, 0.4) is 0 Å². The molecule has 0 aliphatic heterocycles. The van der Waals surface area contributed by atoms with Gasteiger partial charge in [-0.1, -0.05) is 0 Å². The van der Waals surface area contributed by atoms with Gasteiger partial charge in [-0.3, -0.25) is 4.79 Å². The first-order chi connectivity index (χ1) is 9.37. The van der Waals surface area contributed by atoms with Crippen LogP contribution in [0.15, 0.2) is 29.2 Å². The summed E-state index contributed by atoms with van der Waals surface area (Å²) in [5.41, 5.74) is 4.85. The van der Waals surface area contributed by atoms with Gasteiger partial charge in [0, 0.05) is 16.7 Å². The van der Waals surface area contributed by atoms with Crippen molar-refractivity contribution in [1.29, 1.82) is 0 Å². The third-order valence-electron chi connectivity index (χ3n) is 3.08. The van der Waals surface area contributed by atoms with Gasteiger partial charge in [0.25, 0.3) is 0 Å². The molecule has 0 saturated heterocycles. The monoisotopic (exact) mass is 296 g/mol. The van der Waals surface area contributed by atoms with E-state index >= 15 is 0 Å². The van der Waals surface area contributed by atoms with E-state index < -0.39 is 5.54 Å². The second kappa shape index (κ2) is 7.55. The number of hydrogen-bond acceptors (Lipinski definition) is 4. The smallest absolute Gasteiger partial charge is 0.237 e. The molecule has 1 amide bonds. The summed E-state index contributed by atoms with van der Waals surface area (Å²) < 4.78 is 5.12. The third kappa shape index (κ3) is 5.06. The molecular weight excluding hydrogens is 272 g/mol. The molecule has 0 fully saturated rings. The number of carbonyl (C=O) groups excluding carboxylic acids is 1. The molecule has 0 aliphatic rings. The maximum atomic E-state index is 11.6. The lowest BCUT2D eigenvalue weighted by Gasteiger charge is -2.29. The van der Waals surface area contributed by atoms with Crippen molar-refractivity contribution in [3.8, 4) is 5.75 Å². The van der Waals surface area contributed by atoms with Gasteiger partial charge in [-0.05, 0) is 51.5 Å². The topological polar surface area (TPSA) is 64.3 Å². The largest absolute Gasteiger partial charge is 0.497 e. The number of thioether (sulfide) groups is 1. The van der Waals surface area contributed by atoms with Gasteiger partial charge >= 0.3 is 0 Å². The quantitative estimate of drug-likeness (QED) is 0.723. The fraction of sp³-hybridized carbons (Fsp3) is 0.533. The molecule has 1 rings (SSSR count). The normalized spacial score (nSPS) is 14.1. The number of carbonyl (C=O) groups is 1. The van der Waals surface area contributed by atoms with E-state index in [2.05, 4.69) is 5.32 Å². The highest BCUT2D eigenvalue weighted by Gasteiger charge is 2.30. The van der Waals surface area contributed by atoms with E-state index in [1.807, 2.05) is 45.0 Å². The summed E-state index contributed by atoms with van der Waals surface area (Å²) >= 11 is 1.71. The lowest BCUT2D eigenvalue weighted by Crippen LogP contribution is -2.55. The maximum absolute atomic E-state index is 11.6. The summed E-state index contributed by atoms with van der Waals surface area (Å²) in [5, 5.41) is 3.25. The van der Waals surface area contributed by atoms with Gasteiger partial charge in [0.05, 0.1) is 12.6 Å². The van der Waals surface area contributed by atoms with Crippen molar-refractivity contribution in [2.24, 2.45) is 5.73 Å². The summed E-state index contributed by atoms with van der Waals surface area (Å²) in [6.07, 6.45) is 0.692. The average molecular weight is 296 g/mol. The first-order valence-corrected chi connectivity index (χ1v) is 7.70. The molecule has 0 heterocycles. The van der Waals surface area contributed by atoms with Crippen molar-refractivity contribution < 1.29 is 9.53 Å². The Morgan fingerprint density at radius 3 is 2.45 bits per heavy atom. The van der Waals surface area contributed by atoms with E-state index in [1.54, 1.807) is 18.9 Å². The second-order valence-corrected chi connectivity index (χ2v) is 6.44. The molecule has 0 radical (unpaired) electrons. The number of nitrogens with two attached hydrogens (primary N) is 1. The highest BCUT2D eigenvalue weighted by Crippen LogP contribution is 2.24. The number of benzene rings is 1. The van der Waals surface area contributed by atoms with Gasteiger partial charge in [-0.2, -0.15) is 0 Å². The van der Waals surface area contributed by atoms with E-state index in [1.165, 1.54) is 0 Å². The third-order valence-corrected chi connectivity index (χ3v) is 4.10. The van der Waals surface area contributed by atoms with Crippen LogP contribution in [0.2, 0.25) is 0 Å². The van der Waals surface area contributed by atoms with Crippen LogP contribution in [0.25, 0.3) is 0 Å². The zero-order valence-electron chi connectivity index (χ0n) is 12.6. The Morgan fingerprint density at radius 1 is 1.40 bits per heavy atom. The van der Waals surface area contributed by atoms with Crippen LogP contribution in [0, 0.1) is 0 Å². The van der Waals surface area contributed by atoms with E-state index in [-0.39, 0.29) is 11.9 Å². The fourth-order valence-electron chi connectivity index (χ4n) is 1.95. The summed E-state index contributed by atoms with van der Waals surface area (Å²) in [7, 11) is 1.65. The van der Waals surface area contributed by atoms with Crippen LogP contribution in [0.4, 0.5) is 0 Å². The molecule has 0 saturated carbocycles. The average Bonchev–Trinajstić information content (AvgIpc) is 2.38. The highest BCUT2D eigenvalue weighted by atomic mass is 32.2. The van der Waals surface area contributed by atoms with Crippen LogP contribution in [-0.2, 0) is 4.79 Å². The molecule has 0 aromatic heterocycles. The predicted octanol–water partition coefficient (Wildman–Crippen LogP) is 2.42.